The van der Waals surface area contributed by atoms with Crippen LogP contribution in [0.15, 0.2) is 28.9 Å². The Labute approximate surface area is 127 Å². The van der Waals surface area contributed by atoms with Gasteiger partial charge in [-0.05, 0) is 24.6 Å². The van der Waals surface area contributed by atoms with Crippen LogP contribution in [-0.2, 0) is 6.54 Å². The van der Waals surface area contributed by atoms with Crippen molar-refractivity contribution in [3.63, 3.8) is 0 Å². The predicted octanol–water partition coefficient (Wildman–Crippen LogP) is 3.92. The normalized spacial score (nSPS) is 10.9. The van der Waals surface area contributed by atoms with Crippen molar-refractivity contribution in [3.05, 3.63) is 46.0 Å². The minimum Gasteiger partial charge on any atom is -0.453 e. The van der Waals surface area contributed by atoms with Gasteiger partial charge in [0, 0.05) is 16.9 Å². The Hall–Kier alpha value is -1.46. The highest BCUT2D eigenvalue weighted by atomic mass is 79.9. The molecule has 0 saturated carbocycles. The van der Waals surface area contributed by atoms with Gasteiger partial charge in [0.1, 0.15) is 17.3 Å². The van der Waals surface area contributed by atoms with Crippen molar-refractivity contribution >= 4 is 15.9 Å². The van der Waals surface area contributed by atoms with E-state index in [1.807, 2.05) is 25.1 Å². The summed E-state index contributed by atoms with van der Waals surface area (Å²) >= 11 is 3.44. The standard InChI is InChI=1S/C15H18BrN3O/c1-9(2)15-18-8-14(12(7-17)19-15)20-13-6-11(16)5-4-10(13)3/h4-6,8-9H,7,17H2,1-3H3. The molecule has 5 heteroatoms. The molecule has 0 aliphatic heterocycles. The Bertz CT molecular complexity index is 614. The third kappa shape index (κ3) is 3.35. The first-order valence-corrected chi connectivity index (χ1v) is 7.30. The fourth-order valence-corrected chi connectivity index (χ4v) is 2.07. The molecular weight excluding hydrogens is 318 g/mol. The minimum absolute atomic E-state index is 0.266. The Balaban J connectivity index is 2.35. The van der Waals surface area contributed by atoms with Gasteiger partial charge < -0.3 is 10.5 Å². The number of hydrogen-bond donors (Lipinski definition) is 1. The fraction of sp³-hybridized carbons (Fsp3) is 0.333. The Morgan fingerprint density at radius 3 is 2.70 bits per heavy atom. The quantitative estimate of drug-likeness (QED) is 0.919. The largest absolute Gasteiger partial charge is 0.453 e. The number of nitrogens with zero attached hydrogens (tertiary/aromatic N) is 2. The van der Waals surface area contributed by atoms with Crippen LogP contribution in [0.5, 0.6) is 11.5 Å². The van der Waals surface area contributed by atoms with Crippen LogP contribution in [0.3, 0.4) is 0 Å². The highest BCUT2D eigenvalue weighted by Crippen LogP contribution is 2.29. The van der Waals surface area contributed by atoms with E-state index in [0.717, 1.165) is 27.3 Å². The molecule has 2 rings (SSSR count). The Kier molecular flexibility index (Phi) is 4.73. The van der Waals surface area contributed by atoms with E-state index in [0.29, 0.717) is 12.3 Å². The van der Waals surface area contributed by atoms with Gasteiger partial charge in [-0.3, -0.25) is 0 Å². The molecular formula is C15H18BrN3O. The first-order valence-electron chi connectivity index (χ1n) is 6.51. The Morgan fingerprint density at radius 2 is 2.05 bits per heavy atom. The number of benzene rings is 1. The molecule has 1 aromatic carbocycles. The zero-order chi connectivity index (χ0) is 14.7. The molecule has 0 saturated heterocycles. The van der Waals surface area contributed by atoms with Gasteiger partial charge in [-0.2, -0.15) is 0 Å². The van der Waals surface area contributed by atoms with E-state index in [2.05, 4.69) is 39.7 Å². The van der Waals surface area contributed by atoms with E-state index >= 15 is 0 Å². The van der Waals surface area contributed by atoms with Gasteiger partial charge in [0.2, 0.25) is 0 Å². The van der Waals surface area contributed by atoms with Crippen molar-refractivity contribution in [2.24, 2.45) is 5.73 Å². The molecule has 0 bridgehead atoms. The van der Waals surface area contributed by atoms with Crippen LogP contribution >= 0.6 is 15.9 Å². The summed E-state index contributed by atoms with van der Waals surface area (Å²) in [6, 6.07) is 5.89. The van der Waals surface area contributed by atoms with Crippen molar-refractivity contribution in [2.45, 2.75) is 33.2 Å². The molecule has 0 aliphatic carbocycles. The molecule has 4 nitrogen and oxygen atoms in total. The van der Waals surface area contributed by atoms with E-state index in [1.165, 1.54) is 0 Å². The fourth-order valence-electron chi connectivity index (χ4n) is 1.73. The molecule has 2 aromatic rings. The number of nitrogens with two attached hydrogens (primary N) is 1. The number of aryl methyl sites for hydroxylation is 1. The van der Waals surface area contributed by atoms with Crippen molar-refractivity contribution < 1.29 is 4.74 Å². The van der Waals surface area contributed by atoms with Crippen LogP contribution in [-0.4, -0.2) is 9.97 Å². The summed E-state index contributed by atoms with van der Waals surface area (Å²) in [5.74, 6) is 2.43. The molecule has 0 radical (unpaired) electrons. The monoisotopic (exact) mass is 335 g/mol. The van der Waals surface area contributed by atoms with Crippen molar-refractivity contribution in [3.8, 4) is 11.5 Å². The lowest BCUT2D eigenvalue weighted by Crippen LogP contribution is -2.07. The van der Waals surface area contributed by atoms with E-state index in [-0.39, 0.29) is 5.92 Å². The van der Waals surface area contributed by atoms with Crippen LogP contribution in [0.2, 0.25) is 0 Å². The van der Waals surface area contributed by atoms with Crippen molar-refractivity contribution in [2.75, 3.05) is 0 Å². The first kappa shape index (κ1) is 14.9. The summed E-state index contributed by atoms with van der Waals surface area (Å²) < 4.78 is 6.88. The zero-order valence-corrected chi connectivity index (χ0v) is 13.4. The second kappa shape index (κ2) is 6.33. The summed E-state index contributed by atoms with van der Waals surface area (Å²) in [5, 5.41) is 0. The topological polar surface area (TPSA) is 61.0 Å². The molecule has 0 spiro atoms. The average Bonchev–Trinajstić information content (AvgIpc) is 2.43. The smallest absolute Gasteiger partial charge is 0.168 e. The average molecular weight is 336 g/mol. The maximum atomic E-state index is 5.91. The third-order valence-corrected chi connectivity index (χ3v) is 3.42. The summed E-state index contributed by atoms with van der Waals surface area (Å²) in [5.41, 5.74) is 7.53. The van der Waals surface area contributed by atoms with Gasteiger partial charge in [0.25, 0.3) is 0 Å². The van der Waals surface area contributed by atoms with E-state index < -0.39 is 0 Å². The summed E-state index contributed by atoms with van der Waals surface area (Å²) in [4.78, 5) is 8.80. The van der Waals surface area contributed by atoms with Crippen molar-refractivity contribution in [1.29, 1.82) is 0 Å². The third-order valence-electron chi connectivity index (χ3n) is 2.93. The highest BCUT2D eigenvalue weighted by Gasteiger charge is 2.11. The molecule has 0 atom stereocenters. The highest BCUT2D eigenvalue weighted by molar-refractivity contribution is 9.10. The number of halogens is 1. The van der Waals surface area contributed by atoms with Gasteiger partial charge in [-0.25, -0.2) is 9.97 Å². The van der Waals surface area contributed by atoms with Crippen LogP contribution in [0.1, 0.15) is 36.8 Å². The SMILES string of the molecule is Cc1ccc(Br)cc1Oc1cnc(C(C)C)nc1CN. The second-order valence-corrected chi connectivity index (χ2v) is 5.83. The molecule has 1 heterocycles. The lowest BCUT2D eigenvalue weighted by Gasteiger charge is -2.13. The lowest BCUT2D eigenvalue weighted by molar-refractivity contribution is 0.463. The summed E-state index contributed by atoms with van der Waals surface area (Å²) in [7, 11) is 0. The molecule has 20 heavy (non-hydrogen) atoms. The van der Waals surface area contributed by atoms with Crippen molar-refractivity contribution in [1.82, 2.24) is 9.97 Å². The number of aromatic nitrogens is 2. The van der Waals surface area contributed by atoms with E-state index in [1.54, 1.807) is 6.20 Å². The van der Waals surface area contributed by atoms with E-state index in [4.69, 9.17) is 10.5 Å². The molecule has 0 unspecified atom stereocenters. The summed E-state index contributed by atoms with van der Waals surface area (Å²) in [6.07, 6.45) is 1.70. The minimum atomic E-state index is 0.266. The van der Waals surface area contributed by atoms with Gasteiger partial charge in [0.05, 0.1) is 6.20 Å². The molecule has 0 amide bonds. The molecule has 1 aromatic heterocycles. The Morgan fingerprint density at radius 1 is 1.30 bits per heavy atom. The molecule has 2 N–H and O–H groups in total. The van der Waals surface area contributed by atoms with Crippen LogP contribution < -0.4 is 10.5 Å². The maximum absolute atomic E-state index is 5.91. The molecule has 0 fully saturated rings. The first-order chi connectivity index (χ1) is 9.51. The number of hydrogen-bond acceptors (Lipinski definition) is 4. The van der Waals surface area contributed by atoms with Crippen LogP contribution in [0, 0.1) is 6.92 Å². The molecule has 0 aliphatic rings. The van der Waals surface area contributed by atoms with Crippen LogP contribution in [0.4, 0.5) is 0 Å². The second-order valence-electron chi connectivity index (χ2n) is 4.91. The van der Waals surface area contributed by atoms with Gasteiger partial charge in [-0.1, -0.05) is 35.8 Å². The van der Waals surface area contributed by atoms with E-state index in [9.17, 15) is 0 Å². The van der Waals surface area contributed by atoms with Crippen LogP contribution in [0.25, 0.3) is 0 Å². The summed E-state index contributed by atoms with van der Waals surface area (Å²) in [6.45, 7) is 6.42. The van der Waals surface area contributed by atoms with Gasteiger partial charge >= 0.3 is 0 Å². The van der Waals surface area contributed by atoms with Gasteiger partial charge in [0.15, 0.2) is 5.75 Å². The zero-order valence-electron chi connectivity index (χ0n) is 11.9. The predicted molar refractivity (Wildman–Crippen MR) is 83.0 cm³/mol. The lowest BCUT2D eigenvalue weighted by atomic mass is 10.2. The maximum Gasteiger partial charge on any atom is 0.168 e. The number of ether oxygens (including phenoxy) is 1. The van der Waals surface area contributed by atoms with Gasteiger partial charge in [-0.15, -0.1) is 0 Å². The molecule has 106 valence electrons. The number of rotatable bonds is 4.